The molecule has 1 amide bonds. The number of amides is 1. The molecular weight excluding hydrogens is 293 g/mol. The van der Waals surface area contributed by atoms with Crippen LogP contribution < -0.4 is 5.32 Å². The summed E-state index contributed by atoms with van der Waals surface area (Å²) >= 11 is 17.9. The molecule has 0 unspecified atom stereocenters. The molecule has 5 heteroatoms. The molecule has 2 rings (SSSR count). The highest BCUT2D eigenvalue weighted by molar-refractivity contribution is 6.46. The number of halogens is 3. The Morgan fingerprint density at radius 1 is 1.06 bits per heavy atom. The minimum absolute atomic E-state index is 0.220. The van der Waals surface area contributed by atoms with Crippen LogP contribution in [0.3, 0.4) is 0 Å². The van der Waals surface area contributed by atoms with E-state index >= 15 is 0 Å². The van der Waals surface area contributed by atoms with Crippen molar-refractivity contribution in [3.05, 3.63) is 32.8 Å². The van der Waals surface area contributed by atoms with E-state index in [1.54, 1.807) is 12.1 Å². The van der Waals surface area contributed by atoms with E-state index < -0.39 is 0 Å². The van der Waals surface area contributed by atoms with Gasteiger partial charge in [-0.3, -0.25) is 4.79 Å². The summed E-state index contributed by atoms with van der Waals surface area (Å²) in [4.78, 5) is 12.2. The molecule has 1 aliphatic carbocycles. The molecule has 0 radical (unpaired) electrons. The first-order valence-electron chi connectivity index (χ1n) is 6.04. The Morgan fingerprint density at radius 2 is 1.67 bits per heavy atom. The number of carbonyl (C=O) groups is 1. The second kappa shape index (κ2) is 6.14. The van der Waals surface area contributed by atoms with Gasteiger partial charge in [0.25, 0.3) is 5.91 Å². The van der Waals surface area contributed by atoms with Crippen LogP contribution in [0, 0.1) is 0 Å². The SMILES string of the molecule is O=C(NC1CCCCC1)c1c(Cl)ccc(Cl)c1Cl. The van der Waals surface area contributed by atoms with Crippen molar-refractivity contribution in [2.45, 2.75) is 38.1 Å². The summed E-state index contributed by atoms with van der Waals surface area (Å²) in [6, 6.07) is 3.40. The number of rotatable bonds is 2. The second-order valence-corrected chi connectivity index (χ2v) is 5.72. The number of benzene rings is 1. The molecule has 0 atom stereocenters. The summed E-state index contributed by atoms with van der Waals surface area (Å²) < 4.78 is 0. The molecule has 0 aromatic heterocycles. The lowest BCUT2D eigenvalue weighted by molar-refractivity contribution is 0.0928. The van der Waals surface area contributed by atoms with E-state index in [0.717, 1.165) is 25.7 Å². The van der Waals surface area contributed by atoms with Gasteiger partial charge in [0, 0.05) is 6.04 Å². The van der Waals surface area contributed by atoms with Gasteiger partial charge in [-0.2, -0.15) is 0 Å². The van der Waals surface area contributed by atoms with Crippen LogP contribution in [0.25, 0.3) is 0 Å². The van der Waals surface area contributed by atoms with Crippen molar-refractivity contribution in [1.82, 2.24) is 5.32 Å². The largest absolute Gasteiger partial charge is 0.349 e. The summed E-state index contributed by atoms with van der Waals surface area (Å²) in [7, 11) is 0. The molecule has 0 saturated heterocycles. The molecule has 0 bridgehead atoms. The Hall–Kier alpha value is -0.440. The first-order valence-corrected chi connectivity index (χ1v) is 7.17. The van der Waals surface area contributed by atoms with Crippen LogP contribution in [0.15, 0.2) is 12.1 Å². The zero-order valence-corrected chi connectivity index (χ0v) is 12.1. The summed E-state index contributed by atoms with van der Waals surface area (Å²) in [5.74, 6) is -0.237. The topological polar surface area (TPSA) is 29.1 Å². The minimum Gasteiger partial charge on any atom is -0.349 e. The predicted octanol–water partition coefficient (Wildman–Crippen LogP) is 4.71. The van der Waals surface area contributed by atoms with Crippen molar-refractivity contribution in [2.24, 2.45) is 0 Å². The maximum atomic E-state index is 12.2. The van der Waals surface area contributed by atoms with Crippen LogP contribution in [0.2, 0.25) is 15.1 Å². The van der Waals surface area contributed by atoms with E-state index in [9.17, 15) is 4.79 Å². The number of hydrogen-bond acceptors (Lipinski definition) is 1. The smallest absolute Gasteiger partial charge is 0.254 e. The van der Waals surface area contributed by atoms with Crippen LogP contribution in [0.1, 0.15) is 42.5 Å². The summed E-state index contributed by atoms with van der Waals surface area (Å²) in [6.07, 6.45) is 5.58. The predicted molar refractivity (Wildman–Crippen MR) is 75.8 cm³/mol. The zero-order chi connectivity index (χ0) is 13.1. The fourth-order valence-electron chi connectivity index (χ4n) is 2.24. The Labute approximate surface area is 122 Å². The molecule has 1 N–H and O–H groups in total. The van der Waals surface area contributed by atoms with Crippen LogP contribution >= 0.6 is 34.8 Å². The fourth-order valence-corrected chi connectivity index (χ4v) is 2.94. The lowest BCUT2D eigenvalue weighted by Gasteiger charge is -2.23. The van der Waals surface area contributed by atoms with Crippen molar-refractivity contribution in [1.29, 1.82) is 0 Å². The van der Waals surface area contributed by atoms with Crippen molar-refractivity contribution >= 4 is 40.7 Å². The first-order chi connectivity index (χ1) is 8.59. The van der Waals surface area contributed by atoms with Gasteiger partial charge in [-0.15, -0.1) is 0 Å². The van der Waals surface area contributed by atoms with Gasteiger partial charge in [-0.1, -0.05) is 54.1 Å². The van der Waals surface area contributed by atoms with Gasteiger partial charge < -0.3 is 5.32 Å². The van der Waals surface area contributed by atoms with Gasteiger partial charge in [0.2, 0.25) is 0 Å². The zero-order valence-electron chi connectivity index (χ0n) is 9.81. The number of carbonyl (C=O) groups excluding carboxylic acids is 1. The van der Waals surface area contributed by atoms with E-state index in [2.05, 4.69) is 5.32 Å². The van der Waals surface area contributed by atoms with Crippen LogP contribution in [-0.2, 0) is 0 Å². The Morgan fingerprint density at radius 3 is 2.33 bits per heavy atom. The van der Waals surface area contributed by atoms with E-state index in [0.29, 0.717) is 10.0 Å². The van der Waals surface area contributed by atoms with Gasteiger partial charge >= 0.3 is 0 Å². The average molecular weight is 307 g/mol. The minimum atomic E-state index is -0.237. The van der Waals surface area contributed by atoms with Gasteiger partial charge in [0.05, 0.1) is 20.6 Å². The summed E-state index contributed by atoms with van der Waals surface area (Å²) in [6.45, 7) is 0. The van der Waals surface area contributed by atoms with E-state index in [-0.39, 0.29) is 22.5 Å². The molecule has 0 heterocycles. The molecule has 1 aromatic rings. The second-order valence-electron chi connectivity index (χ2n) is 4.53. The molecular formula is C13H14Cl3NO. The summed E-state index contributed by atoms with van der Waals surface area (Å²) in [5, 5.41) is 3.87. The monoisotopic (exact) mass is 305 g/mol. The first kappa shape index (κ1) is 14.0. The third-order valence-corrected chi connectivity index (χ3v) is 4.33. The van der Waals surface area contributed by atoms with Crippen LogP contribution in [-0.4, -0.2) is 11.9 Å². The quantitative estimate of drug-likeness (QED) is 0.788. The van der Waals surface area contributed by atoms with E-state index in [1.165, 1.54) is 6.42 Å². The average Bonchev–Trinajstić information content (AvgIpc) is 2.36. The molecule has 2 nitrogen and oxygen atoms in total. The summed E-state index contributed by atoms with van der Waals surface area (Å²) in [5.41, 5.74) is 0.274. The highest BCUT2D eigenvalue weighted by atomic mass is 35.5. The third-order valence-electron chi connectivity index (χ3n) is 3.21. The molecule has 18 heavy (non-hydrogen) atoms. The van der Waals surface area contributed by atoms with E-state index in [4.69, 9.17) is 34.8 Å². The Balaban J connectivity index is 2.15. The van der Waals surface area contributed by atoms with Crippen molar-refractivity contribution in [3.8, 4) is 0 Å². The van der Waals surface area contributed by atoms with Gasteiger partial charge in [0.15, 0.2) is 0 Å². The standard InChI is InChI=1S/C13H14Cl3NO/c14-9-6-7-10(15)12(16)11(9)13(18)17-8-4-2-1-3-5-8/h6-8H,1-5H2,(H,17,18). The molecule has 0 spiro atoms. The van der Waals surface area contributed by atoms with Crippen molar-refractivity contribution in [3.63, 3.8) is 0 Å². The third kappa shape index (κ3) is 3.11. The lowest BCUT2D eigenvalue weighted by Crippen LogP contribution is -2.36. The van der Waals surface area contributed by atoms with E-state index in [1.807, 2.05) is 0 Å². The molecule has 1 fully saturated rings. The van der Waals surface area contributed by atoms with Gasteiger partial charge in [-0.25, -0.2) is 0 Å². The molecule has 98 valence electrons. The lowest BCUT2D eigenvalue weighted by atomic mass is 9.95. The highest BCUT2D eigenvalue weighted by Crippen LogP contribution is 2.31. The van der Waals surface area contributed by atoms with Gasteiger partial charge in [0.1, 0.15) is 0 Å². The number of hydrogen-bond donors (Lipinski definition) is 1. The van der Waals surface area contributed by atoms with Gasteiger partial charge in [-0.05, 0) is 25.0 Å². The molecule has 1 saturated carbocycles. The Bertz CT molecular complexity index is 456. The highest BCUT2D eigenvalue weighted by Gasteiger charge is 2.21. The molecule has 1 aliphatic rings. The van der Waals surface area contributed by atoms with Crippen LogP contribution in [0.5, 0.6) is 0 Å². The molecule has 0 aliphatic heterocycles. The van der Waals surface area contributed by atoms with Crippen molar-refractivity contribution < 1.29 is 4.79 Å². The fraction of sp³-hybridized carbons (Fsp3) is 0.462. The van der Waals surface area contributed by atoms with Crippen LogP contribution in [0.4, 0.5) is 0 Å². The maximum Gasteiger partial charge on any atom is 0.254 e. The normalized spacial score (nSPS) is 16.6. The maximum absolute atomic E-state index is 12.2. The number of nitrogens with one attached hydrogen (secondary N) is 1. The van der Waals surface area contributed by atoms with Crippen molar-refractivity contribution in [2.75, 3.05) is 0 Å². The molecule has 1 aromatic carbocycles. The Kier molecular flexibility index (Phi) is 4.77.